The van der Waals surface area contributed by atoms with Gasteiger partial charge in [-0.25, -0.2) is 4.98 Å². The minimum Gasteiger partial charge on any atom is -0.377 e. The lowest BCUT2D eigenvalue weighted by Crippen LogP contribution is -2.36. The normalized spacial score (nSPS) is 16.1. The topological polar surface area (TPSA) is 86.3 Å². The molecule has 0 N–H and O–H groups in total. The van der Waals surface area contributed by atoms with Gasteiger partial charge in [-0.2, -0.15) is 4.98 Å². The van der Waals surface area contributed by atoms with Crippen molar-refractivity contribution in [3.8, 4) is 0 Å². The molecule has 8 heteroatoms. The van der Waals surface area contributed by atoms with E-state index in [0.29, 0.717) is 30.9 Å². The molecule has 0 aliphatic carbocycles. The van der Waals surface area contributed by atoms with Crippen molar-refractivity contribution in [2.75, 3.05) is 25.1 Å². The van der Waals surface area contributed by atoms with E-state index in [1.165, 1.54) is 12.3 Å². The molecule has 0 radical (unpaired) electrons. The molecule has 118 valence electrons. The van der Waals surface area contributed by atoms with Crippen molar-refractivity contribution in [3.63, 3.8) is 0 Å². The highest BCUT2D eigenvalue weighted by Gasteiger charge is 2.23. The zero-order chi connectivity index (χ0) is 15.4. The molecule has 0 aromatic carbocycles. The van der Waals surface area contributed by atoms with Gasteiger partial charge in [0, 0.05) is 39.0 Å². The Morgan fingerprint density at radius 3 is 2.95 bits per heavy atom. The molecular weight excluding hydrogens is 286 g/mol. The second-order valence-electron chi connectivity index (χ2n) is 5.43. The lowest BCUT2D eigenvalue weighted by molar-refractivity contribution is 0.174. The molecule has 0 unspecified atom stereocenters. The lowest BCUT2D eigenvalue weighted by atomic mass is 9.97. The molecule has 0 saturated carbocycles. The summed E-state index contributed by atoms with van der Waals surface area (Å²) in [5.74, 6) is 1.01. The zero-order valence-electron chi connectivity index (χ0n) is 12.5. The van der Waals surface area contributed by atoms with E-state index in [-0.39, 0.29) is 5.56 Å². The molecular formula is C14H19N5O3. The summed E-state index contributed by atoms with van der Waals surface area (Å²) >= 11 is 0. The summed E-state index contributed by atoms with van der Waals surface area (Å²) in [6.45, 7) is 2.74. The van der Waals surface area contributed by atoms with Crippen molar-refractivity contribution in [1.29, 1.82) is 0 Å². The minimum absolute atomic E-state index is 0.00135. The quantitative estimate of drug-likeness (QED) is 0.803. The first-order valence-electron chi connectivity index (χ1n) is 7.33. The zero-order valence-corrected chi connectivity index (χ0v) is 12.5. The largest absolute Gasteiger partial charge is 0.377 e. The van der Waals surface area contributed by atoms with Crippen LogP contribution in [-0.4, -0.2) is 39.9 Å². The molecule has 0 atom stereocenters. The summed E-state index contributed by atoms with van der Waals surface area (Å²) in [5.41, 5.74) is -0.00135. The number of aromatic nitrogens is 4. The monoisotopic (exact) mass is 305 g/mol. The van der Waals surface area contributed by atoms with E-state index in [9.17, 15) is 4.79 Å². The molecule has 8 nitrogen and oxygen atoms in total. The van der Waals surface area contributed by atoms with E-state index < -0.39 is 0 Å². The first-order valence-corrected chi connectivity index (χ1v) is 7.33. The van der Waals surface area contributed by atoms with E-state index in [1.54, 1.807) is 18.0 Å². The summed E-state index contributed by atoms with van der Waals surface area (Å²) in [6, 6.07) is 2.04. The van der Waals surface area contributed by atoms with Crippen molar-refractivity contribution in [1.82, 2.24) is 19.7 Å². The molecule has 0 spiro atoms. The molecule has 1 saturated heterocycles. The van der Waals surface area contributed by atoms with E-state index in [0.717, 1.165) is 25.9 Å². The number of rotatable bonds is 5. The average molecular weight is 305 g/mol. The fourth-order valence-corrected chi connectivity index (χ4v) is 2.66. The Labute approximate surface area is 127 Å². The highest BCUT2D eigenvalue weighted by molar-refractivity contribution is 5.25. The van der Waals surface area contributed by atoms with Gasteiger partial charge in [0.2, 0.25) is 0 Å². The fraction of sp³-hybridized carbons (Fsp3) is 0.571. The molecule has 2 aromatic heterocycles. The summed E-state index contributed by atoms with van der Waals surface area (Å²) in [5, 5.41) is 3.87. The smallest absolute Gasteiger partial charge is 0.324 e. The molecule has 3 heterocycles. The van der Waals surface area contributed by atoms with Crippen LogP contribution in [0.1, 0.15) is 18.7 Å². The van der Waals surface area contributed by atoms with Crippen molar-refractivity contribution < 1.29 is 9.26 Å². The summed E-state index contributed by atoms with van der Waals surface area (Å²) < 4.78 is 11.9. The predicted molar refractivity (Wildman–Crippen MR) is 78.4 cm³/mol. The molecule has 1 aliphatic rings. The van der Waals surface area contributed by atoms with Crippen LogP contribution in [-0.2, 0) is 17.9 Å². The number of methoxy groups -OCH3 is 1. The van der Waals surface area contributed by atoms with Crippen molar-refractivity contribution in [2.24, 2.45) is 5.92 Å². The molecule has 0 bridgehead atoms. The van der Waals surface area contributed by atoms with Gasteiger partial charge in [0.25, 0.3) is 5.56 Å². The highest BCUT2D eigenvalue weighted by Crippen LogP contribution is 2.22. The van der Waals surface area contributed by atoms with Crippen LogP contribution in [0.3, 0.4) is 0 Å². The Hall–Kier alpha value is -2.22. The van der Waals surface area contributed by atoms with Gasteiger partial charge in [0.05, 0.1) is 6.33 Å². The highest BCUT2D eigenvalue weighted by atomic mass is 16.5. The maximum Gasteiger partial charge on any atom is 0.324 e. The maximum atomic E-state index is 11.7. The SMILES string of the molecule is COCc1noc(N2CCC(Cn3cnccc3=O)CC2)n1. The number of hydrogen-bond acceptors (Lipinski definition) is 7. The van der Waals surface area contributed by atoms with Crippen molar-refractivity contribution in [3.05, 3.63) is 34.8 Å². The Morgan fingerprint density at radius 2 is 2.23 bits per heavy atom. The third kappa shape index (κ3) is 3.33. The second-order valence-corrected chi connectivity index (χ2v) is 5.43. The van der Waals surface area contributed by atoms with E-state index in [4.69, 9.17) is 9.26 Å². The van der Waals surface area contributed by atoms with E-state index >= 15 is 0 Å². The number of hydrogen-bond donors (Lipinski definition) is 0. The van der Waals surface area contributed by atoms with Crippen molar-refractivity contribution in [2.45, 2.75) is 26.0 Å². The second kappa shape index (κ2) is 6.69. The first kappa shape index (κ1) is 14.7. The van der Waals surface area contributed by atoms with Crippen LogP contribution in [0.15, 0.2) is 27.9 Å². The molecule has 2 aromatic rings. The number of piperidine rings is 1. The van der Waals surface area contributed by atoms with Crippen LogP contribution < -0.4 is 10.5 Å². The maximum absolute atomic E-state index is 11.7. The first-order chi connectivity index (χ1) is 10.8. The molecule has 1 aliphatic heterocycles. The third-order valence-corrected chi connectivity index (χ3v) is 3.86. The number of anilines is 1. The Morgan fingerprint density at radius 1 is 1.41 bits per heavy atom. The Bertz CT molecular complexity index is 660. The van der Waals surface area contributed by atoms with Crippen LogP contribution in [0.4, 0.5) is 6.01 Å². The summed E-state index contributed by atoms with van der Waals surface area (Å²) in [4.78, 5) is 22.1. The van der Waals surface area contributed by atoms with Gasteiger partial charge in [0.1, 0.15) is 6.61 Å². The van der Waals surface area contributed by atoms with Crippen LogP contribution >= 0.6 is 0 Å². The van der Waals surface area contributed by atoms with Crippen LogP contribution in [0, 0.1) is 5.92 Å². The number of nitrogens with zero attached hydrogens (tertiary/aromatic N) is 5. The van der Waals surface area contributed by atoms with Gasteiger partial charge in [-0.05, 0) is 18.8 Å². The Kier molecular flexibility index (Phi) is 4.47. The average Bonchev–Trinajstić information content (AvgIpc) is 2.99. The van der Waals surface area contributed by atoms with Gasteiger partial charge in [-0.3, -0.25) is 9.36 Å². The molecule has 0 amide bonds. The lowest BCUT2D eigenvalue weighted by Gasteiger charge is -2.30. The molecule has 3 rings (SSSR count). The fourth-order valence-electron chi connectivity index (χ4n) is 2.66. The summed E-state index contributed by atoms with van der Waals surface area (Å²) in [6.07, 6.45) is 5.07. The molecule has 22 heavy (non-hydrogen) atoms. The van der Waals surface area contributed by atoms with Gasteiger partial charge in [-0.1, -0.05) is 5.16 Å². The molecule has 1 fully saturated rings. The van der Waals surface area contributed by atoms with Crippen LogP contribution in [0.25, 0.3) is 0 Å². The standard InChI is InChI=1S/C14H19N5O3/c1-21-9-12-16-14(22-17-12)18-6-3-11(4-7-18)8-19-10-15-5-2-13(19)20/h2,5,10-11H,3-4,6-9H2,1H3. The van der Waals surface area contributed by atoms with Gasteiger partial charge in [-0.15, -0.1) is 0 Å². The van der Waals surface area contributed by atoms with E-state index in [1.807, 2.05) is 0 Å². The van der Waals surface area contributed by atoms with Crippen molar-refractivity contribution >= 4 is 6.01 Å². The van der Waals surface area contributed by atoms with Crippen LogP contribution in [0.5, 0.6) is 0 Å². The third-order valence-electron chi connectivity index (χ3n) is 3.86. The Balaban J connectivity index is 1.56. The van der Waals surface area contributed by atoms with Gasteiger partial charge >= 0.3 is 6.01 Å². The van der Waals surface area contributed by atoms with Gasteiger partial charge in [0.15, 0.2) is 5.82 Å². The van der Waals surface area contributed by atoms with Crippen LogP contribution in [0.2, 0.25) is 0 Å². The minimum atomic E-state index is -0.00135. The number of ether oxygens (including phenoxy) is 1. The van der Waals surface area contributed by atoms with Gasteiger partial charge < -0.3 is 14.2 Å². The summed E-state index contributed by atoms with van der Waals surface area (Å²) in [7, 11) is 1.60. The van der Waals surface area contributed by atoms with E-state index in [2.05, 4.69) is 20.0 Å². The predicted octanol–water partition coefficient (Wildman–Crippen LogP) is 0.689.